The van der Waals surface area contributed by atoms with Gasteiger partial charge in [-0.3, -0.25) is 9.59 Å². The molecule has 27 heavy (non-hydrogen) atoms. The molecule has 0 saturated heterocycles. The van der Waals surface area contributed by atoms with Crippen molar-refractivity contribution >= 4 is 35.3 Å². The van der Waals surface area contributed by atoms with Gasteiger partial charge in [-0.2, -0.15) is 11.8 Å². The maximum absolute atomic E-state index is 12.5. The molecule has 2 N–H and O–H groups in total. The number of hydrogen-bond donors (Lipinski definition) is 2. The maximum atomic E-state index is 12.5. The second-order valence-electron chi connectivity index (χ2n) is 5.21. The quantitative estimate of drug-likeness (QED) is 0.709. The Morgan fingerprint density at radius 1 is 1.15 bits per heavy atom. The largest absolute Gasteiger partial charge is 0.465 e. The molecule has 0 aliphatic heterocycles. The van der Waals surface area contributed by atoms with Gasteiger partial charge in [0.1, 0.15) is 11.5 Å². The lowest BCUT2D eigenvalue weighted by Gasteiger charge is -2.11. The topological polar surface area (TPSA) is 127 Å². The minimum atomic E-state index is -0.712. The number of aromatic amines is 1. The fourth-order valence-electron chi connectivity index (χ4n) is 2.20. The number of thioether (sulfide) groups is 1. The molecule has 2 rings (SSSR count). The van der Waals surface area contributed by atoms with E-state index in [4.69, 9.17) is 0 Å². The van der Waals surface area contributed by atoms with Crippen molar-refractivity contribution in [3.05, 3.63) is 57.3 Å². The maximum Gasteiger partial charge on any atom is 0.339 e. The van der Waals surface area contributed by atoms with E-state index in [0.717, 1.165) is 6.07 Å². The van der Waals surface area contributed by atoms with Crippen LogP contribution in [-0.4, -0.2) is 48.3 Å². The summed E-state index contributed by atoms with van der Waals surface area (Å²) in [6.45, 7) is 0. The summed E-state index contributed by atoms with van der Waals surface area (Å²) in [5.74, 6) is -1.30. The molecule has 1 aromatic carbocycles. The van der Waals surface area contributed by atoms with Gasteiger partial charge in [0.05, 0.1) is 36.8 Å². The molecular formula is C17H17N3O6S. The van der Waals surface area contributed by atoms with E-state index >= 15 is 0 Å². The van der Waals surface area contributed by atoms with Gasteiger partial charge in [0.2, 0.25) is 0 Å². The van der Waals surface area contributed by atoms with Crippen LogP contribution in [0.2, 0.25) is 0 Å². The van der Waals surface area contributed by atoms with Gasteiger partial charge < -0.3 is 19.8 Å². The standard InChI is InChI=1S/C17H17N3O6S/c1-25-16(23)9-4-5-10(17(24)26-2)11(6-9)19-15(22)12-7-14(21)20-13(18-12)8-27-3/h4-7H,8H2,1-3H3,(H,19,22)(H,18,20,21). The van der Waals surface area contributed by atoms with Crippen molar-refractivity contribution in [3.8, 4) is 0 Å². The molecule has 0 saturated carbocycles. The Kier molecular flexibility index (Phi) is 6.72. The SMILES string of the molecule is COC(=O)c1ccc(C(=O)OC)c(NC(=O)c2cc(=O)[nH]c(CSC)n2)c1. The first-order chi connectivity index (χ1) is 12.9. The number of carbonyl (C=O) groups is 3. The van der Waals surface area contributed by atoms with Crippen LogP contribution in [0.1, 0.15) is 37.0 Å². The van der Waals surface area contributed by atoms with E-state index in [1.165, 1.54) is 44.2 Å². The lowest BCUT2D eigenvalue weighted by molar-refractivity contribution is 0.0587. The first-order valence-electron chi connectivity index (χ1n) is 7.60. The summed E-state index contributed by atoms with van der Waals surface area (Å²) in [6, 6.07) is 5.03. The number of nitrogens with zero attached hydrogens (tertiary/aromatic N) is 1. The van der Waals surface area contributed by atoms with Gasteiger partial charge >= 0.3 is 11.9 Å². The second-order valence-corrected chi connectivity index (χ2v) is 6.07. The molecule has 0 bridgehead atoms. The lowest BCUT2D eigenvalue weighted by Crippen LogP contribution is -2.21. The highest BCUT2D eigenvalue weighted by Crippen LogP contribution is 2.20. The van der Waals surface area contributed by atoms with Crippen molar-refractivity contribution in [1.82, 2.24) is 9.97 Å². The number of H-pyrrole nitrogens is 1. The summed E-state index contributed by atoms with van der Waals surface area (Å²) < 4.78 is 9.32. The van der Waals surface area contributed by atoms with Crippen LogP contribution < -0.4 is 10.9 Å². The van der Waals surface area contributed by atoms with Crippen LogP contribution in [0.5, 0.6) is 0 Å². The van der Waals surface area contributed by atoms with Gasteiger partial charge in [0.25, 0.3) is 11.5 Å². The molecule has 1 amide bonds. The molecule has 142 valence electrons. The third-order valence-corrected chi connectivity index (χ3v) is 3.96. The Morgan fingerprint density at radius 2 is 1.85 bits per heavy atom. The second kappa shape index (κ2) is 8.99. The minimum Gasteiger partial charge on any atom is -0.465 e. The Labute approximate surface area is 158 Å². The van der Waals surface area contributed by atoms with E-state index in [-0.39, 0.29) is 22.5 Å². The van der Waals surface area contributed by atoms with Crippen molar-refractivity contribution in [3.63, 3.8) is 0 Å². The molecule has 0 fully saturated rings. The fourth-order valence-corrected chi connectivity index (χ4v) is 2.61. The van der Waals surface area contributed by atoms with Crippen molar-refractivity contribution in [2.75, 3.05) is 25.8 Å². The van der Waals surface area contributed by atoms with Crippen LogP contribution in [-0.2, 0) is 15.2 Å². The normalized spacial score (nSPS) is 10.2. The zero-order chi connectivity index (χ0) is 20.0. The summed E-state index contributed by atoms with van der Waals surface area (Å²) in [6.07, 6.45) is 1.83. The molecule has 0 spiro atoms. The van der Waals surface area contributed by atoms with Gasteiger partial charge in [0.15, 0.2) is 0 Å². The van der Waals surface area contributed by atoms with E-state index in [1.54, 1.807) is 0 Å². The molecule has 0 aliphatic carbocycles. The molecule has 0 aliphatic rings. The summed E-state index contributed by atoms with van der Waals surface area (Å²) in [5, 5.41) is 2.49. The third kappa shape index (κ3) is 4.94. The molecular weight excluding hydrogens is 374 g/mol. The molecule has 1 heterocycles. The first-order valence-corrected chi connectivity index (χ1v) is 9.00. The van der Waals surface area contributed by atoms with Gasteiger partial charge in [-0.05, 0) is 24.5 Å². The number of anilines is 1. The molecule has 0 atom stereocenters. The van der Waals surface area contributed by atoms with E-state index in [1.807, 2.05) is 6.26 Å². The Balaban J connectivity index is 2.42. The van der Waals surface area contributed by atoms with E-state index in [9.17, 15) is 19.2 Å². The number of carbonyl (C=O) groups excluding carboxylic acids is 3. The molecule has 10 heteroatoms. The third-order valence-electron chi connectivity index (χ3n) is 3.40. The molecule has 1 aromatic heterocycles. The van der Waals surface area contributed by atoms with E-state index in [0.29, 0.717) is 11.6 Å². The molecule has 2 aromatic rings. The number of aromatic nitrogens is 2. The van der Waals surface area contributed by atoms with Crippen LogP contribution in [0, 0.1) is 0 Å². The Hall–Kier alpha value is -3.14. The average Bonchev–Trinajstić information content (AvgIpc) is 2.66. The number of benzene rings is 1. The van der Waals surface area contributed by atoms with Crippen molar-refractivity contribution < 1.29 is 23.9 Å². The van der Waals surface area contributed by atoms with Gasteiger partial charge in [-0.1, -0.05) is 0 Å². The summed E-state index contributed by atoms with van der Waals surface area (Å²) in [7, 11) is 2.40. The number of hydrogen-bond acceptors (Lipinski definition) is 8. The van der Waals surface area contributed by atoms with Crippen LogP contribution in [0.25, 0.3) is 0 Å². The smallest absolute Gasteiger partial charge is 0.339 e. The van der Waals surface area contributed by atoms with Crippen molar-refractivity contribution in [2.45, 2.75) is 5.75 Å². The number of nitrogens with one attached hydrogen (secondary N) is 2. The monoisotopic (exact) mass is 391 g/mol. The molecule has 9 nitrogen and oxygen atoms in total. The summed E-state index contributed by atoms with van der Waals surface area (Å²) >= 11 is 1.43. The summed E-state index contributed by atoms with van der Waals surface area (Å²) in [5.41, 5.74) is -0.406. The highest BCUT2D eigenvalue weighted by atomic mass is 32.2. The Bertz CT molecular complexity index is 941. The predicted molar refractivity (Wildman–Crippen MR) is 99.2 cm³/mol. The Morgan fingerprint density at radius 3 is 2.48 bits per heavy atom. The highest BCUT2D eigenvalue weighted by Gasteiger charge is 2.19. The number of ether oxygens (including phenoxy) is 2. The van der Waals surface area contributed by atoms with Crippen LogP contribution in [0.4, 0.5) is 5.69 Å². The average molecular weight is 391 g/mol. The minimum absolute atomic E-state index is 0.0308. The molecule has 0 radical (unpaired) electrons. The highest BCUT2D eigenvalue weighted by molar-refractivity contribution is 7.97. The van der Waals surface area contributed by atoms with Gasteiger partial charge in [-0.15, -0.1) is 0 Å². The van der Waals surface area contributed by atoms with E-state index in [2.05, 4.69) is 24.8 Å². The molecule has 0 unspecified atom stereocenters. The van der Waals surface area contributed by atoms with Gasteiger partial charge in [0, 0.05) is 6.07 Å². The van der Waals surface area contributed by atoms with Gasteiger partial charge in [-0.25, -0.2) is 14.6 Å². The summed E-state index contributed by atoms with van der Waals surface area (Å²) in [4.78, 5) is 54.5. The zero-order valence-electron chi connectivity index (χ0n) is 14.8. The number of amides is 1. The predicted octanol–water partition coefficient (Wildman–Crippen LogP) is 1.46. The number of esters is 2. The van der Waals surface area contributed by atoms with Crippen molar-refractivity contribution in [1.29, 1.82) is 0 Å². The number of methoxy groups -OCH3 is 2. The lowest BCUT2D eigenvalue weighted by atomic mass is 10.1. The zero-order valence-corrected chi connectivity index (χ0v) is 15.6. The van der Waals surface area contributed by atoms with Crippen molar-refractivity contribution in [2.24, 2.45) is 0 Å². The van der Waals surface area contributed by atoms with Crippen LogP contribution in [0.3, 0.4) is 0 Å². The first kappa shape index (κ1) is 20.2. The number of rotatable bonds is 6. The van der Waals surface area contributed by atoms with Crippen LogP contribution >= 0.6 is 11.8 Å². The fraction of sp³-hybridized carbons (Fsp3) is 0.235. The van der Waals surface area contributed by atoms with E-state index < -0.39 is 23.4 Å². The van der Waals surface area contributed by atoms with Crippen LogP contribution in [0.15, 0.2) is 29.1 Å².